The van der Waals surface area contributed by atoms with Crippen molar-refractivity contribution in [1.29, 1.82) is 0 Å². The summed E-state index contributed by atoms with van der Waals surface area (Å²) in [7, 11) is -3.64. The summed E-state index contributed by atoms with van der Waals surface area (Å²) in [6, 6.07) is 18.3. The number of rotatable bonds is 6. The Morgan fingerprint density at radius 3 is 2.71 bits per heavy atom. The Morgan fingerprint density at radius 1 is 1.07 bits per heavy atom. The van der Waals surface area contributed by atoms with Gasteiger partial charge in [-0.15, -0.1) is 0 Å². The third-order valence-corrected chi connectivity index (χ3v) is 6.64. The number of pyridine rings is 1. The highest BCUT2D eigenvalue weighted by atomic mass is 32.2. The van der Waals surface area contributed by atoms with Crippen molar-refractivity contribution in [2.75, 3.05) is 19.7 Å². The van der Waals surface area contributed by atoms with Crippen molar-refractivity contribution in [2.45, 2.75) is 24.3 Å². The molecule has 1 fully saturated rings. The average Bonchev–Trinajstić information content (AvgIpc) is 3.18. The minimum atomic E-state index is -3.64. The highest BCUT2D eigenvalue weighted by Gasteiger charge is 2.35. The van der Waals surface area contributed by atoms with E-state index >= 15 is 0 Å². The Morgan fingerprint density at radius 2 is 1.86 bits per heavy atom. The number of hydrogen-bond donors (Lipinski definition) is 0. The lowest BCUT2D eigenvalue weighted by molar-refractivity contribution is 0.207. The SMILES string of the molecule is CCOc1ccccc1S(=O)(=O)N1CCC(Oc2ccc3ccccc3n2)C1. The van der Waals surface area contributed by atoms with Crippen molar-refractivity contribution >= 4 is 20.9 Å². The van der Waals surface area contributed by atoms with Gasteiger partial charge in [-0.1, -0.05) is 30.3 Å². The monoisotopic (exact) mass is 398 g/mol. The molecule has 0 spiro atoms. The summed E-state index contributed by atoms with van der Waals surface area (Å²) in [6.45, 7) is 2.93. The highest BCUT2D eigenvalue weighted by molar-refractivity contribution is 7.89. The zero-order chi connectivity index (χ0) is 19.6. The van der Waals surface area contributed by atoms with E-state index in [9.17, 15) is 8.42 Å². The van der Waals surface area contributed by atoms with E-state index < -0.39 is 10.0 Å². The van der Waals surface area contributed by atoms with Crippen molar-refractivity contribution in [3.05, 3.63) is 60.7 Å². The van der Waals surface area contributed by atoms with Gasteiger partial charge in [-0.3, -0.25) is 0 Å². The second-order valence-corrected chi connectivity index (χ2v) is 8.52. The number of benzene rings is 2. The Kier molecular flexibility index (Phi) is 5.19. The van der Waals surface area contributed by atoms with Crippen LogP contribution in [0.4, 0.5) is 0 Å². The number of nitrogens with zero attached hydrogens (tertiary/aromatic N) is 2. The number of sulfonamides is 1. The number of para-hydroxylation sites is 2. The van der Waals surface area contributed by atoms with E-state index in [0.29, 0.717) is 31.2 Å². The molecule has 0 saturated carbocycles. The molecule has 0 aliphatic carbocycles. The molecule has 3 aromatic rings. The number of aromatic nitrogens is 1. The second kappa shape index (κ2) is 7.77. The molecule has 6 nitrogen and oxygen atoms in total. The molecule has 2 aromatic carbocycles. The summed E-state index contributed by atoms with van der Waals surface area (Å²) >= 11 is 0. The van der Waals surface area contributed by atoms with Crippen LogP contribution < -0.4 is 9.47 Å². The van der Waals surface area contributed by atoms with Crippen LogP contribution in [0, 0.1) is 0 Å². The van der Waals surface area contributed by atoms with Crippen LogP contribution in [-0.4, -0.2) is 43.5 Å². The maximum atomic E-state index is 13.1. The molecule has 1 saturated heterocycles. The van der Waals surface area contributed by atoms with E-state index in [2.05, 4.69) is 4.98 Å². The summed E-state index contributed by atoms with van der Waals surface area (Å²) in [5.74, 6) is 0.892. The van der Waals surface area contributed by atoms with Gasteiger partial charge in [-0.25, -0.2) is 13.4 Å². The molecule has 1 aliphatic rings. The van der Waals surface area contributed by atoms with E-state index in [0.717, 1.165) is 10.9 Å². The molecule has 1 aliphatic heterocycles. The number of ether oxygens (including phenoxy) is 2. The first-order valence-corrected chi connectivity index (χ1v) is 10.8. The summed E-state index contributed by atoms with van der Waals surface area (Å²) in [5, 5.41) is 1.04. The molecule has 2 heterocycles. The lowest BCUT2D eigenvalue weighted by atomic mass is 10.2. The third-order valence-electron chi connectivity index (χ3n) is 4.73. The molecule has 1 aromatic heterocycles. The van der Waals surface area contributed by atoms with Crippen molar-refractivity contribution in [3.8, 4) is 11.6 Å². The Balaban J connectivity index is 1.50. The van der Waals surface area contributed by atoms with Gasteiger partial charge in [0.15, 0.2) is 0 Å². The van der Waals surface area contributed by atoms with Gasteiger partial charge >= 0.3 is 0 Å². The van der Waals surface area contributed by atoms with Crippen molar-refractivity contribution in [1.82, 2.24) is 9.29 Å². The molecular weight excluding hydrogens is 376 g/mol. The molecule has 0 radical (unpaired) electrons. The van der Waals surface area contributed by atoms with Crippen LogP contribution in [0.5, 0.6) is 11.6 Å². The molecule has 146 valence electrons. The average molecular weight is 398 g/mol. The molecule has 7 heteroatoms. The maximum Gasteiger partial charge on any atom is 0.246 e. The summed E-state index contributed by atoms with van der Waals surface area (Å²) in [5.41, 5.74) is 0.855. The first-order valence-electron chi connectivity index (χ1n) is 9.32. The third kappa shape index (κ3) is 3.68. The molecule has 28 heavy (non-hydrogen) atoms. The maximum absolute atomic E-state index is 13.1. The molecule has 0 bridgehead atoms. The van der Waals surface area contributed by atoms with Crippen LogP contribution in [0.15, 0.2) is 65.6 Å². The molecule has 0 N–H and O–H groups in total. The second-order valence-electron chi connectivity index (χ2n) is 6.61. The molecule has 1 atom stereocenters. The zero-order valence-electron chi connectivity index (χ0n) is 15.6. The van der Waals surface area contributed by atoms with Crippen LogP contribution in [-0.2, 0) is 10.0 Å². The van der Waals surface area contributed by atoms with Gasteiger partial charge in [0.1, 0.15) is 16.7 Å². The van der Waals surface area contributed by atoms with Gasteiger partial charge in [-0.05, 0) is 37.6 Å². The lowest BCUT2D eigenvalue weighted by Gasteiger charge is -2.19. The van der Waals surface area contributed by atoms with Crippen LogP contribution in [0.1, 0.15) is 13.3 Å². The van der Waals surface area contributed by atoms with Gasteiger partial charge in [0.2, 0.25) is 15.9 Å². The van der Waals surface area contributed by atoms with E-state index in [1.54, 1.807) is 24.3 Å². The van der Waals surface area contributed by atoms with Gasteiger partial charge in [0, 0.05) is 18.0 Å². The molecular formula is C21H22N2O4S. The van der Waals surface area contributed by atoms with E-state index in [1.807, 2.05) is 43.3 Å². The smallest absolute Gasteiger partial charge is 0.246 e. The minimum absolute atomic E-state index is 0.196. The van der Waals surface area contributed by atoms with Crippen LogP contribution in [0.25, 0.3) is 10.9 Å². The first kappa shape index (κ1) is 18.7. The number of fused-ring (bicyclic) bond motifs is 1. The van der Waals surface area contributed by atoms with Crippen LogP contribution in [0.2, 0.25) is 0 Å². The van der Waals surface area contributed by atoms with Crippen molar-refractivity contribution in [2.24, 2.45) is 0 Å². The van der Waals surface area contributed by atoms with Crippen LogP contribution in [0.3, 0.4) is 0 Å². The fourth-order valence-electron chi connectivity index (χ4n) is 3.37. The van der Waals surface area contributed by atoms with Crippen LogP contribution >= 0.6 is 0 Å². The Bertz CT molecular complexity index is 1080. The molecule has 1 unspecified atom stereocenters. The van der Waals surface area contributed by atoms with E-state index in [-0.39, 0.29) is 17.5 Å². The standard InChI is InChI=1S/C21H22N2O4S/c1-2-26-19-9-5-6-10-20(19)28(24,25)23-14-13-17(15-23)27-21-12-11-16-7-3-4-8-18(16)22-21/h3-12,17H,2,13-15H2,1H3. The predicted octanol–water partition coefficient (Wildman–Crippen LogP) is 3.48. The summed E-state index contributed by atoms with van der Waals surface area (Å²) in [4.78, 5) is 4.71. The lowest BCUT2D eigenvalue weighted by Crippen LogP contribution is -2.31. The zero-order valence-corrected chi connectivity index (χ0v) is 16.4. The summed E-state index contributed by atoms with van der Waals surface area (Å²) in [6.07, 6.45) is 0.382. The normalized spacial score (nSPS) is 17.7. The van der Waals surface area contributed by atoms with Gasteiger partial charge in [0.05, 0.1) is 18.7 Å². The summed E-state index contributed by atoms with van der Waals surface area (Å²) < 4.78 is 39.1. The fourth-order valence-corrected chi connectivity index (χ4v) is 4.99. The van der Waals surface area contributed by atoms with E-state index in [1.165, 1.54) is 4.31 Å². The Hall–Kier alpha value is -2.64. The number of hydrogen-bond acceptors (Lipinski definition) is 5. The molecule has 0 amide bonds. The van der Waals surface area contributed by atoms with Crippen molar-refractivity contribution in [3.63, 3.8) is 0 Å². The topological polar surface area (TPSA) is 68.7 Å². The van der Waals surface area contributed by atoms with E-state index in [4.69, 9.17) is 9.47 Å². The van der Waals surface area contributed by atoms with Gasteiger partial charge < -0.3 is 9.47 Å². The predicted molar refractivity (Wildman–Crippen MR) is 107 cm³/mol. The Labute approximate surface area is 164 Å². The highest BCUT2D eigenvalue weighted by Crippen LogP contribution is 2.30. The van der Waals surface area contributed by atoms with Gasteiger partial charge in [-0.2, -0.15) is 4.31 Å². The molecule has 4 rings (SSSR count). The first-order chi connectivity index (χ1) is 13.6. The largest absolute Gasteiger partial charge is 0.492 e. The fraction of sp³-hybridized carbons (Fsp3) is 0.286. The van der Waals surface area contributed by atoms with Gasteiger partial charge in [0.25, 0.3) is 0 Å². The minimum Gasteiger partial charge on any atom is -0.492 e. The van der Waals surface area contributed by atoms with Crippen molar-refractivity contribution < 1.29 is 17.9 Å². The quantitative estimate of drug-likeness (QED) is 0.636.